The van der Waals surface area contributed by atoms with E-state index in [4.69, 9.17) is 5.21 Å². The van der Waals surface area contributed by atoms with E-state index in [1.165, 1.54) is 25.5 Å². The lowest BCUT2D eigenvalue weighted by Gasteiger charge is -2.23. The first-order chi connectivity index (χ1) is 9.40. The summed E-state index contributed by atoms with van der Waals surface area (Å²) >= 11 is 0. The second kappa shape index (κ2) is 7.31. The average Bonchev–Trinajstić information content (AvgIpc) is 2.48. The number of hydrogen-bond donors (Lipinski definition) is 1. The molecule has 0 unspecified atom stereocenters. The van der Waals surface area contributed by atoms with Crippen LogP contribution in [-0.4, -0.2) is 41.5 Å². The number of rotatable bonds is 4. The van der Waals surface area contributed by atoms with Gasteiger partial charge in [-0.1, -0.05) is 35.5 Å². The van der Waals surface area contributed by atoms with Gasteiger partial charge in [0.25, 0.3) is 0 Å². The Balaban J connectivity index is 2.06. The minimum absolute atomic E-state index is 0.538. The van der Waals surface area contributed by atoms with Crippen LogP contribution in [0.15, 0.2) is 45.7 Å². The molecule has 1 N–H and O–H groups in total. The van der Waals surface area contributed by atoms with Gasteiger partial charge in [-0.2, -0.15) is 0 Å². The smallest absolute Gasteiger partial charge is 0.115 e. The average molecular weight is 258 g/mol. The fourth-order valence-corrected chi connectivity index (χ4v) is 2.02. The topological polar surface area (TPSA) is 60.6 Å². The molecular weight excluding hydrogens is 240 g/mol. The highest BCUT2D eigenvalue weighted by Crippen LogP contribution is 2.06. The molecule has 5 heteroatoms. The SMILES string of the molecule is O\N=C/C(=N/N=C\N1CCCCC1)c1ccccc1. The van der Waals surface area contributed by atoms with Crippen molar-refractivity contribution >= 4 is 18.3 Å². The highest BCUT2D eigenvalue weighted by Gasteiger charge is 2.05. The quantitative estimate of drug-likeness (QED) is 0.390. The van der Waals surface area contributed by atoms with Crippen LogP contribution in [0.3, 0.4) is 0 Å². The molecule has 0 bridgehead atoms. The Bertz CT molecular complexity index is 462. The van der Waals surface area contributed by atoms with Gasteiger partial charge in [-0.3, -0.25) is 0 Å². The zero-order chi connectivity index (χ0) is 13.3. The van der Waals surface area contributed by atoms with Crippen LogP contribution < -0.4 is 0 Å². The Morgan fingerprint density at radius 3 is 2.53 bits per heavy atom. The highest BCUT2D eigenvalue weighted by atomic mass is 16.4. The molecular formula is C14H18N4O. The predicted octanol–water partition coefficient (Wildman–Crippen LogP) is 2.36. The van der Waals surface area contributed by atoms with Gasteiger partial charge in [-0.15, -0.1) is 10.2 Å². The maximum absolute atomic E-state index is 8.67. The summed E-state index contributed by atoms with van der Waals surface area (Å²) in [6.45, 7) is 2.07. The summed E-state index contributed by atoms with van der Waals surface area (Å²) in [6, 6.07) is 9.54. The maximum Gasteiger partial charge on any atom is 0.115 e. The van der Waals surface area contributed by atoms with E-state index < -0.39 is 0 Å². The van der Waals surface area contributed by atoms with Crippen LogP contribution in [0.4, 0.5) is 0 Å². The number of likely N-dealkylation sites (tertiary alicyclic amines) is 1. The van der Waals surface area contributed by atoms with E-state index in [0.717, 1.165) is 18.7 Å². The summed E-state index contributed by atoms with van der Waals surface area (Å²) < 4.78 is 0. The normalized spacial score (nSPS) is 17.5. The number of oxime groups is 1. The first kappa shape index (κ1) is 13.3. The fraction of sp³-hybridized carbons (Fsp3) is 0.357. The van der Waals surface area contributed by atoms with Crippen LogP contribution >= 0.6 is 0 Å². The molecule has 0 spiro atoms. The van der Waals surface area contributed by atoms with E-state index in [1.54, 1.807) is 6.34 Å². The Morgan fingerprint density at radius 1 is 1.11 bits per heavy atom. The number of benzene rings is 1. The molecule has 0 atom stereocenters. The van der Waals surface area contributed by atoms with Crippen molar-refractivity contribution in [2.24, 2.45) is 15.4 Å². The summed E-state index contributed by atoms with van der Waals surface area (Å²) in [7, 11) is 0. The molecule has 2 rings (SSSR count). The molecule has 1 aliphatic heterocycles. The summed E-state index contributed by atoms with van der Waals surface area (Å²) in [5.74, 6) is 0. The van der Waals surface area contributed by atoms with Crippen molar-refractivity contribution in [3.63, 3.8) is 0 Å². The molecule has 1 aliphatic rings. The molecule has 1 heterocycles. The molecule has 5 nitrogen and oxygen atoms in total. The maximum atomic E-state index is 8.67. The Hall–Kier alpha value is -2.17. The Labute approximate surface area is 113 Å². The van der Waals surface area contributed by atoms with Crippen LogP contribution in [0.5, 0.6) is 0 Å². The van der Waals surface area contributed by atoms with Crippen molar-refractivity contribution in [2.45, 2.75) is 19.3 Å². The summed E-state index contributed by atoms with van der Waals surface area (Å²) in [4.78, 5) is 2.16. The van der Waals surface area contributed by atoms with Crippen molar-refractivity contribution in [1.29, 1.82) is 0 Å². The van der Waals surface area contributed by atoms with Crippen LogP contribution in [0.25, 0.3) is 0 Å². The van der Waals surface area contributed by atoms with Gasteiger partial charge in [0.15, 0.2) is 0 Å². The second-order valence-corrected chi connectivity index (χ2v) is 4.42. The van der Waals surface area contributed by atoms with E-state index in [1.807, 2.05) is 30.3 Å². The molecule has 0 aliphatic carbocycles. The highest BCUT2D eigenvalue weighted by molar-refractivity contribution is 6.38. The van der Waals surface area contributed by atoms with Crippen LogP contribution in [-0.2, 0) is 0 Å². The standard InChI is InChI=1S/C14H18N4O/c19-16-11-14(13-7-3-1-4-8-13)17-15-12-18-9-5-2-6-10-18/h1,3-4,7-8,11-12,19H,2,5-6,9-10H2/b15-12-,16-11-,17-14-. The summed E-state index contributed by atoms with van der Waals surface area (Å²) in [5.41, 5.74) is 1.41. The van der Waals surface area contributed by atoms with Gasteiger partial charge in [-0.05, 0) is 19.3 Å². The summed E-state index contributed by atoms with van der Waals surface area (Å²) in [6.07, 6.45) is 6.76. The summed E-state index contributed by atoms with van der Waals surface area (Å²) in [5, 5.41) is 19.9. The lowest BCUT2D eigenvalue weighted by Crippen LogP contribution is -2.28. The second-order valence-electron chi connectivity index (χ2n) is 4.42. The third kappa shape index (κ3) is 4.21. The van der Waals surface area contributed by atoms with E-state index in [2.05, 4.69) is 20.3 Å². The van der Waals surface area contributed by atoms with Crippen LogP contribution in [0, 0.1) is 0 Å². The van der Waals surface area contributed by atoms with Gasteiger partial charge < -0.3 is 10.1 Å². The Morgan fingerprint density at radius 2 is 1.84 bits per heavy atom. The van der Waals surface area contributed by atoms with Gasteiger partial charge in [0, 0.05) is 18.7 Å². The molecule has 0 aromatic heterocycles. The van der Waals surface area contributed by atoms with Crippen molar-refractivity contribution < 1.29 is 5.21 Å². The van der Waals surface area contributed by atoms with Crippen molar-refractivity contribution in [3.8, 4) is 0 Å². The molecule has 100 valence electrons. The molecule has 1 saturated heterocycles. The van der Waals surface area contributed by atoms with E-state index in [-0.39, 0.29) is 0 Å². The van der Waals surface area contributed by atoms with E-state index in [0.29, 0.717) is 5.71 Å². The number of hydrogen-bond acceptors (Lipinski definition) is 4. The van der Waals surface area contributed by atoms with Gasteiger partial charge in [0.2, 0.25) is 0 Å². The van der Waals surface area contributed by atoms with Gasteiger partial charge in [0.05, 0.1) is 6.21 Å². The number of piperidine rings is 1. The fourth-order valence-electron chi connectivity index (χ4n) is 2.02. The first-order valence-electron chi connectivity index (χ1n) is 6.48. The molecule has 19 heavy (non-hydrogen) atoms. The van der Waals surface area contributed by atoms with Crippen molar-refractivity contribution in [3.05, 3.63) is 35.9 Å². The predicted molar refractivity (Wildman–Crippen MR) is 77.2 cm³/mol. The molecule has 0 saturated carbocycles. The minimum Gasteiger partial charge on any atom is -0.411 e. The first-order valence-corrected chi connectivity index (χ1v) is 6.48. The monoisotopic (exact) mass is 258 g/mol. The Kier molecular flexibility index (Phi) is 5.10. The minimum atomic E-state index is 0.538. The molecule has 1 aromatic carbocycles. The molecule has 1 fully saturated rings. The van der Waals surface area contributed by atoms with E-state index >= 15 is 0 Å². The third-order valence-corrected chi connectivity index (χ3v) is 3.02. The van der Waals surface area contributed by atoms with Gasteiger partial charge >= 0.3 is 0 Å². The lowest BCUT2D eigenvalue weighted by molar-refractivity contribution is 0.322. The van der Waals surface area contributed by atoms with E-state index in [9.17, 15) is 0 Å². The zero-order valence-electron chi connectivity index (χ0n) is 10.8. The largest absolute Gasteiger partial charge is 0.411 e. The van der Waals surface area contributed by atoms with Crippen molar-refractivity contribution in [1.82, 2.24) is 4.90 Å². The van der Waals surface area contributed by atoms with Crippen molar-refractivity contribution in [2.75, 3.05) is 13.1 Å². The zero-order valence-corrected chi connectivity index (χ0v) is 10.8. The van der Waals surface area contributed by atoms with Gasteiger partial charge in [0.1, 0.15) is 12.1 Å². The molecule has 0 amide bonds. The molecule has 0 radical (unpaired) electrons. The number of nitrogens with zero attached hydrogens (tertiary/aromatic N) is 4. The third-order valence-electron chi connectivity index (χ3n) is 3.02. The van der Waals surface area contributed by atoms with Crippen LogP contribution in [0.2, 0.25) is 0 Å². The molecule has 1 aromatic rings. The van der Waals surface area contributed by atoms with Gasteiger partial charge in [-0.25, -0.2) is 0 Å². The lowest BCUT2D eigenvalue weighted by atomic mass is 10.1. The van der Waals surface area contributed by atoms with Crippen LogP contribution in [0.1, 0.15) is 24.8 Å².